The summed E-state index contributed by atoms with van der Waals surface area (Å²) in [5.74, 6) is 1.01. The van der Waals surface area contributed by atoms with Crippen molar-refractivity contribution in [2.24, 2.45) is 0 Å². The van der Waals surface area contributed by atoms with Crippen LogP contribution in [0, 0.1) is 0 Å². The Morgan fingerprint density at radius 2 is 2.05 bits per heavy atom. The van der Waals surface area contributed by atoms with E-state index in [1.807, 2.05) is 6.92 Å². The van der Waals surface area contributed by atoms with E-state index in [2.05, 4.69) is 10.3 Å². The van der Waals surface area contributed by atoms with Crippen LogP contribution in [0.2, 0.25) is 0 Å². The van der Waals surface area contributed by atoms with Gasteiger partial charge in [0, 0.05) is 24.5 Å². The predicted molar refractivity (Wildman–Crippen MR) is 84.0 cm³/mol. The number of ether oxygens (including phenoxy) is 1. The highest BCUT2D eigenvalue weighted by atomic mass is 16.5. The zero-order chi connectivity index (χ0) is 15.8. The van der Waals surface area contributed by atoms with E-state index in [4.69, 9.17) is 4.74 Å². The van der Waals surface area contributed by atoms with Gasteiger partial charge >= 0.3 is 0 Å². The molecule has 1 unspecified atom stereocenters. The van der Waals surface area contributed by atoms with Crippen molar-refractivity contribution >= 4 is 5.91 Å². The van der Waals surface area contributed by atoms with E-state index in [-0.39, 0.29) is 12.5 Å². The highest BCUT2D eigenvalue weighted by Crippen LogP contribution is 2.21. The quantitative estimate of drug-likeness (QED) is 0.825. The summed E-state index contributed by atoms with van der Waals surface area (Å²) in [6.07, 6.45) is 4.32. The van der Waals surface area contributed by atoms with Crippen molar-refractivity contribution in [3.8, 4) is 11.5 Å². The summed E-state index contributed by atoms with van der Waals surface area (Å²) in [4.78, 5) is 16.0. The number of amides is 1. The molecule has 1 amide bonds. The Hall–Kier alpha value is -2.40. The molecule has 5 nitrogen and oxygen atoms in total. The zero-order valence-electron chi connectivity index (χ0n) is 12.5. The first-order chi connectivity index (χ1) is 10.7. The number of aliphatic hydroxyl groups excluding tert-OH is 1. The first kappa shape index (κ1) is 16.0. The molecule has 0 bridgehead atoms. The lowest BCUT2D eigenvalue weighted by Gasteiger charge is -2.11. The standard InChI is InChI=1S/C17H20N2O3/c1-2-4-14(20)12-19-17(21)13-5-3-6-16(11-13)22-15-7-9-18-10-8-15/h3,5-11,14,20H,2,4,12H2,1H3,(H,19,21). The lowest BCUT2D eigenvalue weighted by atomic mass is 10.2. The molecule has 0 spiro atoms. The fourth-order valence-electron chi connectivity index (χ4n) is 1.99. The molecule has 22 heavy (non-hydrogen) atoms. The summed E-state index contributed by atoms with van der Waals surface area (Å²) >= 11 is 0. The lowest BCUT2D eigenvalue weighted by Crippen LogP contribution is -2.31. The van der Waals surface area contributed by atoms with E-state index >= 15 is 0 Å². The number of pyridine rings is 1. The Labute approximate surface area is 130 Å². The number of aliphatic hydroxyl groups is 1. The minimum atomic E-state index is -0.509. The van der Waals surface area contributed by atoms with Crippen molar-refractivity contribution in [3.63, 3.8) is 0 Å². The second-order valence-corrected chi connectivity index (χ2v) is 4.97. The van der Waals surface area contributed by atoms with Gasteiger partial charge in [-0.3, -0.25) is 9.78 Å². The van der Waals surface area contributed by atoms with Gasteiger partial charge in [0.1, 0.15) is 11.5 Å². The van der Waals surface area contributed by atoms with Crippen LogP contribution in [0.3, 0.4) is 0 Å². The molecule has 1 heterocycles. The number of nitrogens with zero attached hydrogens (tertiary/aromatic N) is 1. The molecular formula is C17H20N2O3. The Bertz CT molecular complexity index is 602. The summed E-state index contributed by atoms with van der Waals surface area (Å²) in [5, 5.41) is 12.4. The van der Waals surface area contributed by atoms with E-state index in [0.29, 0.717) is 23.5 Å². The van der Waals surface area contributed by atoms with Crippen molar-refractivity contribution in [1.29, 1.82) is 0 Å². The molecule has 0 aliphatic carbocycles. The highest BCUT2D eigenvalue weighted by molar-refractivity contribution is 5.94. The van der Waals surface area contributed by atoms with Gasteiger partial charge in [0.2, 0.25) is 0 Å². The summed E-state index contributed by atoms with van der Waals surface area (Å²) < 4.78 is 5.66. The van der Waals surface area contributed by atoms with E-state index in [9.17, 15) is 9.90 Å². The SMILES string of the molecule is CCCC(O)CNC(=O)c1cccc(Oc2ccncc2)c1. The van der Waals surface area contributed by atoms with Gasteiger partial charge in [-0.15, -0.1) is 0 Å². The first-order valence-electron chi connectivity index (χ1n) is 7.33. The molecule has 0 aliphatic heterocycles. The molecule has 5 heteroatoms. The number of hydrogen-bond donors (Lipinski definition) is 2. The normalized spacial score (nSPS) is 11.7. The maximum absolute atomic E-state index is 12.1. The molecule has 1 aromatic carbocycles. The van der Waals surface area contributed by atoms with Crippen LogP contribution in [-0.2, 0) is 0 Å². The van der Waals surface area contributed by atoms with E-state index < -0.39 is 6.10 Å². The number of aromatic nitrogens is 1. The Kier molecular flexibility index (Phi) is 5.91. The average molecular weight is 300 g/mol. The summed E-state index contributed by atoms with van der Waals surface area (Å²) in [6.45, 7) is 2.24. The van der Waals surface area contributed by atoms with Gasteiger partial charge in [0.15, 0.2) is 0 Å². The molecule has 0 saturated heterocycles. The van der Waals surface area contributed by atoms with Crippen LogP contribution < -0.4 is 10.1 Å². The predicted octanol–water partition coefficient (Wildman–Crippen LogP) is 2.76. The molecule has 2 aromatic rings. The molecule has 0 radical (unpaired) electrons. The van der Waals surface area contributed by atoms with Crippen molar-refractivity contribution < 1.29 is 14.6 Å². The zero-order valence-corrected chi connectivity index (χ0v) is 12.5. The molecule has 2 rings (SSSR count). The maximum Gasteiger partial charge on any atom is 0.251 e. The van der Waals surface area contributed by atoms with Crippen LogP contribution in [0.4, 0.5) is 0 Å². The van der Waals surface area contributed by atoms with Crippen molar-refractivity contribution in [2.75, 3.05) is 6.54 Å². The molecule has 0 fully saturated rings. The summed E-state index contributed by atoms with van der Waals surface area (Å²) in [6, 6.07) is 10.4. The molecule has 1 atom stereocenters. The van der Waals surface area contributed by atoms with Gasteiger partial charge in [-0.25, -0.2) is 0 Å². The number of hydrogen-bond acceptors (Lipinski definition) is 4. The molecule has 1 aromatic heterocycles. The first-order valence-corrected chi connectivity index (χ1v) is 7.33. The maximum atomic E-state index is 12.1. The average Bonchev–Trinajstić information content (AvgIpc) is 2.54. The number of benzene rings is 1. The Morgan fingerprint density at radius 3 is 2.77 bits per heavy atom. The molecule has 0 saturated carbocycles. The van der Waals surface area contributed by atoms with Crippen LogP contribution in [-0.4, -0.2) is 28.6 Å². The third kappa shape index (κ3) is 4.86. The van der Waals surface area contributed by atoms with E-state index in [1.54, 1.807) is 48.8 Å². The third-order valence-electron chi connectivity index (χ3n) is 3.10. The van der Waals surface area contributed by atoms with Crippen LogP contribution in [0.1, 0.15) is 30.1 Å². The van der Waals surface area contributed by atoms with Crippen molar-refractivity contribution in [3.05, 3.63) is 54.4 Å². The van der Waals surface area contributed by atoms with Crippen LogP contribution in [0.25, 0.3) is 0 Å². The van der Waals surface area contributed by atoms with Gasteiger partial charge in [-0.1, -0.05) is 19.4 Å². The van der Waals surface area contributed by atoms with Crippen LogP contribution >= 0.6 is 0 Å². The Balaban J connectivity index is 1.97. The van der Waals surface area contributed by atoms with Gasteiger partial charge in [-0.05, 0) is 36.8 Å². The topological polar surface area (TPSA) is 71.5 Å². The smallest absolute Gasteiger partial charge is 0.251 e. The molecule has 116 valence electrons. The van der Waals surface area contributed by atoms with Gasteiger partial charge in [0.05, 0.1) is 6.10 Å². The molecule has 2 N–H and O–H groups in total. The van der Waals surface area contributed by atoms with Crippen molar-refractivity contribution in [1.82, 2.24) is 10.3 Å². The van der Waals surface area contributed by atoms with E-state index in [1.165, 1.54) is 0 Å². The minimum absolute atomic E-state index is 0.227. The highest BCUT2D eigenvalue weighted by Gasteiger charge is 2.09. The van der Waals surface area contributed by atoms with Gasteiger partial charge in [0.25, 0.3) is 5.91 Å². The van der Waals surface area contributed by atoms with Gasteiger partial charge in [-0.2, -0.15) is 0 Å². The Morgan fingerprint density at radius 1 is 1.27 bits per heavy atom. The number of carbonyl (C=O) groups excluding carboxylic acids is 1. The summed E-state index contributed by atoms with van der Waals surface area (Å²) in [7, 11) is 0. The monoisotopic (exact) mass is 300 g/mol. The van der Waals surface area contributed by atoms with Crippen molar-refractivity contribution in [2.45, 2.75) is 25.9 Å². The van der Waals surface area contributed by atoms with E-state index in [0.717, 1.165) is 6.42 Å². The van der Waals surface area contributed by atoms with Gasteiger partial charge < -0.3 is 15.2 Å². The summed E-state index contributed by atoms with van der Waals surface area (Å²) in [5.41, 5.74) is 0.496. The largest absolute Gasteiger partial charge is 0.457 e. The molecule has 0 aliphatic rings. The fraction of sp³-hybridized carbons (Fsp3) is 0.294. The van der Waals surface area contributed by atoms with Crippen LogP contribution in [0.5, 0.6) is 11.5 Å². The minimum Gasteiger partial charge on any atom is -0.457 e. The number of rotatable bonds is 7. The van der Waals surface area contributed by atoms with Crippen LogP contribution in [0.15, 0.2) is 48.8 Å². The fourth-order valence-corrected chi connectivity index (χ4v) is 1.99. The second kappa shape index (κ2) is 8.14. The lowest BCUT2D eigenvalue weighted by molar-refractivity contribution is 0.0910. The molecular weight excluding hydrogens is 280 g/mol. The second-order valence-electron chi connectivity index (χ2n) is 4.97. The number of carbonyl (C=O) groups is 1. The third-order valence-corrected chi connectivity index (χ3v) is 3.10. The number of nitrogens with one attached hydrogen (secondary N) is 1.